The van der Waals surface area contributed by atoms with Gasteiger partial charge in [0.2, 0.25) is 0 Å². The van der Waals surface area contributed by atoms with Crippen LogP contribution in [0.25, 0.3) is 0 Å². The molecule has 0 atom stereocenters. The summed E-state index contributed by atoms with van der Waals surface area (Å²) in [5, 5.41) is 0. The van der Waals surface area contributed by atoms with Gasteiger partial charge in [0.15, 0.2) is 0 Å². The number of rotatable bonds is 8. The second-order valence-electron chi connectivity index (χ2n) is 6.84. The first-order chi connectivity index (χ1) is 11.1. The van der Waals surface area contributed by atoms with Gasteiger partial charge < -0.3 is 20.3 Å². The molecule has 1 saturated heterocycles. The van der Waals surface area contributed by atoms with Crippen LogP contribution in [0.1, 0.15) is 38.2 Å². The van der Waals surface area contributed by atoms with Crippen LogP contribution in [0.3, 0.4) is 0 Å². The van der Waals surface area contributed by atoms with E-state index in [0.29, 0.717) is 0 Å². The number of nitrogens with two attached hydrogens (primary N) is 1. The van der Waals surface area contributed by atoms with E-state index in [2.05, 4.69) is 43.0 Å². The van der Waals surface area contributed by atoms with Crippen molar-refractivity contribution in [3.63, 3.8) is 0 Å². The standard InChI is InChI=1S/C19H33N3O/c1-4-14-23-19-8-7-16(15-18(19)20)6-5-11-22(3)17-9-12-21(2)13-10-17/h7-8,15,17H,4-6,9-14,20H2,1-3H3. The Labute approximate surface area is 141 Å². The molecule has 1 fully saturated rings. The average Bonchev–Trinajstić information content (AvgIpc) is 2.54. The number of nitrogen functional groups attached to an aromatic ring is 1. The van der Waals surface area contributed by atoms with E-state index >= 15 is 0 Å². The van der Waals surface area contributed by atoms with Crippen LogP contribution in [0.15, 0.2) is 18.2 Å². The first-order valence-electron chi connectivity index (χ1n) is 9.00. The zero-order valence-corrected chi connectivity index (χ0v) is 15.1. The molecule has 23 heavy (non-hydrogen) atoms. The van der Waals surface area contributed by atoms with Crippen molar-refractivity contribution in [2.24, 2.45) is 0 Å². The monoisotopic (exact) mass is 319 g/mol. The van der Waals surface area contributed by atoms with Crippen molar-refractivity contribution in [3.8, 4) is 5.75 Å². The predicted molar refractivity (Wildman–Crippen MR) is 98.1 cm³/mol. The Morgan fingerprint density at radius 3 is 2.70 bits per heavy atom. The summed E-state index contributed by atoms with van der Waals surface area (Å²) in [5.74, 6) is 0.819. The van der Waals surface area contributed by atoms with Crippen molar-refractivity contribution in [1.82, 2.24) is 9.80 Å². The first kappa shape index (κ1) is 18.1. The maximum Gasteiger partial charge on any atom is 0.142 e. The molecule has 1 heterocycles. The predicted octanol–water partition coefficient (Wildman–Crippen LogP) is 3.02. The van der Waals surface area contributed by atoms with E-state index in [0.717, 1.165) is 43.5 Å². The number of benzene rings is 1. The highest BCUT2D eigenvalue weighted by Crippen LogP contribution is 2.23. The number of ether oxygens (including phenoxy) is 1. The Kier molecular flexibility index (Phi) is 7.18. The lowest BCUT2D eigenvalue weighted by Gasteiger charge is -2.35. The zero-order valence-electron chi connectivity index (χ0n) is 15.1. The fourth-order valence-electron chi connectivity index (χ4n) is 3.25. The summed E-state index contributed by atoms with van der Waals surface area (Å²) < 4.78 is 5.63. The Hall–Kier alpha value is -1.26. The minimum absolute atomic E-state index is 0.727. The molecule has 4 heteroatoms. The van der Waals surface area contributed by atoms with Gasteiger partial charge in [-0.05, 0) is 83.5 Å². The summed E-state index contributed by atoms with van der Waals surface area (Å²) in [5.41, 5.74) is 8.16. The first-order valence-corrected chi connectivity index (χ1v) is 9.00. The molecule has 130 valence electrons. The normalized spacial score (nSPS) is 16.9. The Morgan fingerprint density at radius 2 is 2.04 bits per heavy atom. The van der Waals surface area contributed by atoms with Crippen molar-refractivity contribution in [1.29, 1.82) is 0 Å². The summed E-state index contributed by atoms with van der Waals surface area (Å²) in [4.78, 5) is 4.96. The van der Waals surface area contributed by atoms with Crippen LogP contribution >= 0.6 is 0 Å². The van der Waals surface area contributed by atoms with E-state index in [-0.39, 0.29) is 0 Å². The average molecular weight is 319 g/mol. The number of anilines is 1. The van der Waals surface area contributed by atoms with Gasteiger partial charge in [-0.25, -0.2) is 0 Å². The topological polar surface area (TPSA) is 41.7 Å². The van der Waals surface area contributed by atoms with Gasteiger partial charge >= 0.3 is 0 Å². The van der Waals surface area contributed by atoms with Crippen LogP contribution < -0.4 is 10.5 Å². The molecule has 1 aliphatic heterocycles. The number of likely N-dealkylation sites (tertiary alicyclic amines) is 1. The van der Waals surface area contributed by atoms with Crippen LogP contribution in [0.5, 0.6) is 5.75 Å². The minimum atomic E-state index is 0.727. The van der Waals surface area contributed by atoms with E-state index in [1.54, 1.807) is 0 Å². The summed E-state index contributed by atoms with van der Waals surface area (Å²) in [6.07, 6.45) is 5.85. The van der Waals surface area contributed by atoms with Crippen molar-refractivity contribution in [2.75, 3.05) is 46.1 Å². The van der Waals surface area contributed by atoms with Crippen LogP contribution in [0.4, 0.5) is 5.69 Å². The number of hydrogen-bond donors (Lipinski definition) is 1. The third kappa shape index (κ3) is 5.70. The van der Waals surface area contributed by atoms with Crippen molar-refractivity contribution in [3.05, 3.63) is 23.8 Å². The highest BCUT2D eigenvalue weighted by molar-refractivity contribution is 5.54. The molecule has 0 amide bonds. The maximum absolute atomic E-state index is 6.08. The van der Waals surface area contributed by atoms with Gasteiger partial charge in [-0.3, -0.25) is 0 Å². The van der Waals surface area contributed by atoms with Gasteiger partial charge in [0, 0.05) is 6.04 Å². The van der Waals surface area contributed by atoms with E-state index in [4.69, 9.17) is 10.5 Å². The molecule has 0 aromatic heterocycles. The van der Waals surface area contributed by atoms with Crippen molar-refractivity contribution >= 4 is 5.69 Å². The molecular weight excluding hydrogens is 286 g/mol. The number of aryl methyl sites for hydroxylation is 1. The molecule has 0 aliphatic carbocycles. The van der Waals surface area contributed by atoms with Gasteiger partial charge in [0.05, 0.1) is 12.3 Å². The molecule has 4 nitrogen and oxygen atoms in total. The summed E-state index contributed by atoms with van der Waals surface area (Å²) in [6, 6.07) is 6.99. The zero-order chi connectivity index (χ0) is 16.7. The van der Waals surface area contributed by atoms with Crippen LogP contribution in [0, 0.1) is 0 Å². The maximum atomic E-state index is 6.08. The largest absolute Gasteiger partial charge is 0.491 e. The molecule has 0 bridgehead atoms. The molecule has 0 radical (unpaired) electrons. The van der Waals surface area contributed by atoms with Crippen LogP contribution in [-0.4, -0.2) is 56.2 Å². The molecule has 0 spiro atoms. The van der Waals surface area contributed by atoms with Crippen LogP contribution in [-0.2, 0) is 6.42 Å². The third-order valence-electron chi connectivity index (χ3n) is 4.82. The molecule has 0 saturated carbocycles. The van der Waals surface area contributed by atoms with E-state index in [9.17, 15) is 0 Å². The van der Waals surface area contributed by atoms with E-state index in [1.807, 2.05) is 6.07 Å². The summed E-state index contributed by atoms with van der Waals surface area (Å²) in [6.45, 7) is 6.44. The lowest BCUT2D eigenvalue weighted by molar-refractivity contribution is 0.143. The Balaban J connectivity index is 1.74. The second kappa shape index (κ2) is 9.14. The minimum Gasteiger partial charge on any atom is -0.491 e. The van der Waals surface area contributed by atoms with Gasteiger partial charge in [0.1, 0.15) is 5.75 Å². The fourth-order valence-corrected chi connectivity index (χ4v) is 3.25. The smallest absolute Gasteiger partial charge is 0.142 e. The molecule has 2 rings (SSSR count). The van der Waals surface area contributed by atoms with Gasteiger partial charge in [-0.1, -0.05) is 13.0 Å². The molecular formula is C19H33N3O. The summed E-state index contributed by atoms with van der Waals surface area (Å²) in [7, 11) is 4.49. The Bertz CT molecular complexity index is 470. The number of piperidine rings is 1. The van der Waals surface area contributed by atoms with Crippen molar-refractivity contribution in [2.45, 2.75) is 45.1 Å². The van der Waals surface area contributed by atoms with E-state index in [1.165, 1.54) is 37.9 Å². The lowest BCUT2D eigenvalue weighted by Crippen LogP contribution is -2.42. The number of nitrogens with zero attached hydrogens (tertiary/aromatic N) is 2. The highest BCUT2D eigenvalue weighted by atomic mass is 16.5. The Morgan fingerprint density at radius 1 is 1.30 bits per heavy atom. The van der Waals surface area contributed by atoms with Gasteiger partial charge in [0.25, 0.3) is 0 Å². The fraction of sp³-hybridized carbons (Fsp3) is 0.684. The summed E-state index contributed by atoms with van der Waals surface area (Å²) >= 11 is 0. The molecule has 0 unspecified atom stereocenters. The van der Waals surface area contributed by atoms with Gasteiger partial charge in [-0.15, -0.1) is 0 Å². The lowest BCUT2D eigenvalue weighted by atomic mass is 10.0. The van der Waals surface area contributed by atoms with Crippen molar-refractivity contribution < 1.29 is 4.74 Å². The third-order valence-corrected chi connectivity index (χ3v) is 4.82. The highest BCUT2D eigenvalue weighted by Gasteiger charge is 2.19. The molecule has 1 aromatic carbocycles. The van der Waals surface area contributed by atoms with Gasteiger partial charge in [-0.2, -0.15) is 0 Å². The van der Waals surface area contributed by atoms with Crippen LogP contribution in [0.2, 0.25) is 0 Å². The molecule has 1 aromatic rings. The number of hydrogen-bond acceptors (Lipinski definition) is 4. The molecule has 1 aliphatic rings. The van der Waals surface area contributed by atoms with E-state index < -0.39 is 0 Å². The quantitative estimate of drug-likeness (QED) is 0.748. The molecule has 2 N–H and O–H groups in total. The second-order valence-corrected chi connectivity index (χ2v) is 6.84. The SMILES string of the molecule is CCCOc1ccc(CCCN(C)C2CCN(C)CC2)cc1N.